The van der Waals surface area contributed by atoms with Crippen LogP contribution in [0.5, 0.6) is 0 Å². The van der Waals surface area contributed by atoms with Gasteiger partial charge in [0, 0.05) is 19.4 Å². The Labute approximate surface area is 137 Å². The zero-order chi connectivity index (χ0) is 19.1. The van der Waals surface area contributed by atoms with E-state index in [0.29, 0.717) is 5.56 Å². The third-order valence-corrected chi connectivity index (χ3v) is 4.08. The topological polar surface area (TPSA) is 29.1 Å². The van der Waals surface area contributed by atoms with E-state index < -0.39 is 48.0 Å². The van der Waals surface area contributed by atoms with Crippen molar-refractivity contribution in [3.63, 3.8) is 0 Å². The summed E-state index contributed by atoms with van der Waals surface area (Å²) in [5.41, 5.74) is -3.64. The second-order valence-corrected chi connectivity index (χ2v) is 5.99. The van der Waals surface area contributed by atoms with Crippen LogP contribution in [0.15, 0.2) is 24.3 Å². The van der Waals surface area contributed by atoms with Crippen LogP contribution in [0.25, 0.3) is 0 Å². The summed E-state index contributed by atoms with van der Waals surface area (Å²) in [4.78, 5) is 11.7. The van der Waals surface area contributed by atoms with E-state index in [-0.39, 0.29) is 13.0 Å². The van der Waals surface area contributed by atoms with Crippen molar-refractivity contribution < 1.29 is 39.9 Å². The van der Waals surface area contributed by atoms with Crippen LogP contribution in [0.2, 0.25) is 0 Å². The zero-order valence-corrected chi connectivity index (χ0v) is 12.6. The van der Waals surface area contributed by atoms with Gasteiger partial charge >= 0.3 is 12.4 Å². The first-order valence-electron chi connectivity index (χ1n) is 7.16. The molecule has 0 heterocycles. The van der Waals surface area contributed by atoms with E-state index in [1.807, 2.05) is 5.32 Å². The van der Waals surface area contributed by atoms with Crippen LogP contribution in [0, 0.1) is 5.41 Å². The summed E-state index contributed by atoms with van der Waals surface area (Å²) in [6, 6.07) is 3.87. The number of nitrogens with one attached hydrogen (secondary N) is 1. The van der Waals surface area contributed by atoms with Gasteiger partial charge < -0.3 is 5.32 Å². The molecule has 0 spiro atoms. The second kappa shape index (κ2) is 6.14. The third-order valence-electron chi connectivity index (χ3n) is 4.08. The third kappa shape index (κ3) is 4.04. The van der Waals surface area contributed by atoms with E-state index in [0.717, 1.165) is 24.3 Å². The highest BCUT2D eigenvalue weighted by molar-refractivity contribution is 5.85. The van der Waals surface area contributed by atoms with Gasteiger partial charge in [0.1, 0.15) is 0 Å². The molecule has 2 rings (SSSR count). The fraction of sp³-hybridized carbons (Fsp3) is 0.533. The minimum atomic E-state index is -5.10. The molecule has 1 aromatic rings. The smallest absolute Gasteiger partial charge is 0.355 e. The molecule has 2 nitrogen and oxygen atoms in total. The van der Waals surface area contributed by atoms with Crippen LogP contribution in [-0.4, -0.2) is 24.6 Å². The van der Waals surface area contributed by atoms with Gasteiger partial charge in [0.05, 0.1) is 5.56 Å². The molecule has 1 amide bonds. The van der Waals surface area contributed by atoms with E-state index in [1.54, 1.807) is 0 Å². The molecule has 1 aromatic carbocycles. The molecule has 0 unspecified atom stereocenters. The number of halogens is 8. The Balaban J connectivity index is 1.94. The Bertz CT molecular complexity index is 624. The van der Waals surface area contributed by atoms with Crippen LogP contribution in [-0.2, 0) is 17.4 Å². The number of alkyl halides is 8. The first kappa shape index (κ1) is 19.5. The van der Waals surface area contributed by atoms with E-state index in [4.69, 9.17) is 0 Å². The molecule has 25 heavy (non-hydrogen) atoms. The molecule has 0 aromatic heterocycles. The minimum absolute atomic E-state index is 0.0335. The van der Waals surface area contributed by atoms with Crippen LogP contribution >= 0.6 is 0 Å². The average molecular weight is 375 g/mol. The maximum Gasteiger partial charge on any atom is 0.416 e. The lowest BCUT2D eigenvalue weighted by Crippen LogP contribution is -2.62. The van der Waals surface area contributed by atoms with Crippen LogP contribution in [0.3, 0.4) is 0 Å². The van der Waals surface area contributed by atoms with E-state index in [2.05, 4.69) is 0 Å². The molecule has 0 aliphatic heterocycles. The van der Waals surface area contributed by atoms with Crippen molar-refractivity contribution in [3.05, 3.63) is 35.4 Å². The van der Waals surface area contributed by atoms with Crippen molar-refractivity contribution in [2.75, 3.05) is 6.54 Å². The molecule has 140 valence electrons. The molecular weight excluding hydrogens is 362 g/mol. The van der Waals surface area contributed by atoms with Gasteiger partial charge in [-0.05, 0) is 24.1 Å². The molecule has 10 heteroatoms. The summed E-state index contributed by atoms with van der Waals surface area (Å²) in [5.74, 6) is -5.09. The van der Waals surface area contributed by atoms with Crippen LogP contribution in [0.4, 0.5) is 35.1 Å². The summed E-state index contributed by atoms with van der Waals surface area (Å²) in [6.07, 6.45) is -12.9. The Kier molecular flexibility index (Phi) is 4.77. The van der Waals surface area contributed by atoms with Gasteiger partial charge in [-0.3, -0.25) is 4.79 Å². The lowest BCUT2D eigenvalue weighted by Gasteiger charge is -2.46. The fourth-order valence-corrected chi connectivity index (χ4v) is 2.67. The highest BCUT2D eigenvalue weighted by atomic mass is 19.4. The second-order valence-electron chi connectivity index (χ2n) is 5.99. The van der Waals surface area contributed by atoms with Crippen molar-refractivity contribution in [1.82, 2.24) is 5.32 Å². The van der Waals surface area contributed by atoms with Gasteiger partial charge in [-0.15, -0.1) is 0 Å². The number of amides is 1. The Morgan fingerprint density at radius 1 is 1.00 bits per heavy atom. The number of hydrogen-bond acceptors (Lipinski definition) is 1. The van der Waals surface area contributed by atoms with Crippen molar-refractivity contribution in [3.8, 4) is 0 Å². The lowest BCUT2D eigenvalue weighted by molar-refractivity contribution is -0.295. The van der Waals surface area contributed by atoms with Crippen LogP contribution < -0.4 is 5.32 Å². The molecule has 1 aliphatic rings. The Morgan fingerprint density at radius 3 is 1.92 bits per heavy atom. The first-order chi connectivity index (χ1) is 11.3. The van der Waals surface area contributed by atoms with Crippen molar-refractivity contribution in [2.24, 2.45) is 5.41 Å². The number of benzene rings is 1. The quantitative estimate of drug-likeness (QED) is 0.780. The average Bonchev–Trinajstić information content (AvgIpc) is 2.42. The standard InChI is InChI=1S/C15H13F8NO/c16-13(17)7-12(8-13,15(21,22)23)11(25)24-6-5-9-1-3-10(4-2-9)14(18,19)20/h1-4H,5-8H2,(H,24,25). The van der Waals surface area contributed by atoms with Crippen LogP contribution in [0.1, 0.15) is 24.0 Å². The number of hydrogen-bond donors (Lipinski definition) is 1. The van der Waals surface area contributed by atoms with E-state index in [9.17, 15) is 39.9 Å². The Hall–Kier alpha value is -1.87. The van der Waals surface area contributed by atoms with Crippen molar-refractivity contribution >= 4 is 5.91 Å². The number of carbonyl (C=O) groups is 1. The number of carbonyl (C=O) groups excluding carboxylic acids is 1. The minimum Gasteiger partial charge on any atom is -0.355 e. The molecule has 0 saturated heterocycles. The molecule has 0 atom stereocenters. The highest BCUT2D eigenvalue weighted by Gasteiger charge is 2.73. The largest absolute Gasteiger partial charge is 0.416 e. The monoisotopic (exact) mass is 375 g/mol. The van der Waals surface area contributed by atoms with Gasteiger partial charge in [-0.2, -0.15) is 26.3 Å². The maximum atomic E-state index is 13.0. The summed E-state index contributed by atoms with van der Waals surface area (Å²) in [6.45, 7) is -0.312. The molecule has 1 N–H and O–H groups in total. The predicted octanol–water partition coefficient (Wildman–Crippen LogP) is 4.34. The normalized spacial score (nSPS) is 19.2. The molecule has 1 saturated carbocycles. The summed E-state index contributed by atoms with van der Waals surface area (Å²) in [7, 11) is 0. The van der Waals surface area contributed by atoms with E-state index in [1.165, 1.54) is 0 Å². The molecule has 0 radical (unpaired) electrons. The molecular formula is C15H13F8NO. The van der Waals surface area contributed by atoms with E-state index >= 15 is 0 Å². The summed E-state index contributed by atoms with van der Waals surface area (Å²) in [5, 5.41) is 1.95. The fourth-order valence-electron chi connectivity index (χ4n) is 2.67. The van der Waals surface area contributed by atoms with Gasteiger partial charge in [0.15, 0.2) is 5.41 Å². The predicted molar refractivity (Wildman–Crippen MR) is 70.8 cm³/mol. The van der Waals surface area contributed by atoms with Gasteiger partial charge in [0.2, 0.25) is 5.91 Å². The summed E-state index contributed by atoms with van der Waals surface area (Å²) >= 11 is 0. The molecule has 1 aliphatic carbocycles. The number of rotatable bonds is 4. The van der Waals surface area contributed by atoms with Gasteiger partial charge in [-0.1, -0.05) is 12.1 Å². The lowest BCUT2D eigenvalue weighted by atomic mass is 9.64. The molecule has 1 fully saturated rings. The first-order valence-corrected chi connectivity index (χ1v) is 7.16. The Morgan fingerprint density at radius 2 is 1.52 bits per heavy atom. The van der Waals surface area contributed by atoms with Crippen molar-refractivity contribution in [2.45, 2.75) is 37.5 Å². The van der Waals surface area contributed by atoms with Gasteiger partial charge in [0.25, 0.3) is 5.92 Å². The maximum absolute atomic E-state index is 13.0. The van der Waals surface area contributed by atoms with Gasteiger partial charge in [-0.25, -0.2) is 8.78 Å². The molecule has 0 bridgehead atoms. The van der Waals surface area contributed by atoms with Crippen molar-refractivity contribution in [1.29, 1.82) is 0 Å². The summed E-state index contributed by atoms with van der Waals surface area (Å²) < 4.78 is 102. The highest BCUT2D eigenvalue weighted by Crippen LogP contribution is 2.60. The SMILES string of the molecule is O=C(NCCc1ccc(C(F)(F)F)cc1)C1(C(F)(F)F)CC(F)(F)C1. The zero-order valence-electron chi connectivity index (χ0n) is 12.6.